The van der Waals surface area contributed by atoms with Gasteiger partial charge in [-0.2, -0.15) is 0 Å². The van der Waals surface area contributed by atoms with Crippen LogP contribution in [0.4, 0.5) is 0 Å². The number of aromatic nitrogens is 2. The van der Waals surface area contributed by atoms with Crippen LogP contribution in [-0.4, -0.2) is 16.2 Å². The van der Waals surface area contributed by atoms with E-state index in [4.69, 9.17) is 23.2 Å². The fourth-order valence-electron chi connectivity index (χ4n) is 2.05. The highest BCUT2D eigenvalue weighted by atomic mass is 35.5. The molecule has 22 heavy (non-hydrogen) atoms. The van der Waals surface area contributed by atoms with E-state index >= 15 is 0 Å². The first-order chi connectivity index (χ1) is 10.0. The van der Waals surface area contributed by atoms with Crippen molar-refractivity contribution in [2.45, 2.75) is 33.2 Å². The summed E-state index contributed by atoms with van der Waals surface area (Å²) in [5.74, 6) is -0.627. The summed E-state index contributed by atoms with van der Waals surface area (Å²) in [7, 11) is 0. The summed E-state index contributed by atoms with van der Waals surface area (Å²) in [6.45, 7) is 6.73. The van der Waals surface area contributed by atoms with E-state index in [1.807, 2.05) is 0 Å². The molecule has 2 aromatic rings. The summed E-state index contributed by atoms with van der Waals surface area (Å²) >= 11 is 11.8. The monoisotopic (exact) mass is 343 g/mol. The Morgan fingerprint density at radius 3 is 2.36 bits per heavy atom. The van der Waals surface area contributed by atoms with E-state index in [9.17, 15) is 14.9 Å². The lowest BCUT2D eigenvalue weighted by Crippen LogP contribution is -2.45. The third-order valence-corrected chi connectivity index (χ3v) is 3.73. The molecule has 1 heterocycles. The molecule has 0 bridgehead atoms. The average Bonchev–Trinajstić information content (AvgIpc) is 2.36. The van der Waals surface area contributed by atoms with Gasteiger partial charge in [-0.1, -0.05) is 23.2 Å². The van der Waals surface area contributed by atoms with Gasteiger partial charge in [0.05, 0.1) is 20.2 Å². The molecule has 1 N–H and O–H groups in total. The van der Waals surface area contributed by atoms with Gasteiger partial charge in [0.1, 0.15) is 5.52 Å². The van der Waals surface area contributed by atoms with Crippen LogP contribution in [-0.2, 0) is 0 Å². The van der Waals surface area contributed by atoms with Crippen molar-refractivity contribution in [1.82, 2.24) is 10.0 Å². The molecule has 8 heteroatoms. The molecule has 0 saturated carbocycles. The summed E-state index contributed by atoms with van der Waals surface area (Å²) in [5.41, 5.74) is -0.793. The maximum Gasteiger partial charge on any atom is 0.346 e. The zero-order valence-corrected chi connectivity index (χ0v) is 14.0. The van der Waals surface area contributed by atoms with Gasteiger partial charge in [-0.05, 0) is 33.8 Å². The molecule has 118 valence electrons. The molecule has 1 aromatic heterocycles. The van der Waals surface area contributed by atoms with Crippen molar-refractivity contribution in [2.75, 3.05) is 0 Å². The van der Waals surface area contributed by atoms with Gasteiger partial charge in [-0.25, -0.2) is 0 Å². The Kier molecular flexibility index (Phi) is 4.10. The van der Waals surface area contributed by atoms with E-state index in [0.29, 0.717) is 9.16 Å². The average molecular weight is 344 g/mol. The van der Waals surface area contributed by atoms with E-state index in [1.54, 1.807) is 20.8 Å². The Morgan fingerprint density at radius 1 is 1.27 bits per heavy atom. The Morgan fingerprint density at radius 2 is 1.82 bits per heavy atom. The van der Waals surface area contributed by atoms with Gasteiger partial charge in [-0.15, -0.1) is 0 Å². The van der Waals surface area contributed by atoms with Crippen molar-refractivity contribution >= 4 is 40.1 Å². The van der Waals surface area contributed by atoms with Crippen LogP contribution in [0.3, 0.4) is 0 Å². The van der Waals surface area contributed by atoms with Crippen LogP contribution in [0.15, 0.2) is 12.1 Å². The number of fused-ring (bicyclic) bond motifs is 1. The van der Waals surface area contributed by atoms with Crippen molar-refractivity contribution in [3.05, 3.63) is 43.7 Å². The van der Waals surface area contributed by atoms with Gasteiger partial charge < -0.3 is 15.3 Å². The Hall–Kier alpha value is -1.79. The predicted octanol–water partition coefficient (Wildman–Crippen LogP) is 3.05. The molecule has 0 atom stereocenters. The SMILES string of the molecule is Cc1c(C(=O)NC(C)(C)C)[n+](=O)c2cc(Cl)c(Cl)cc2n1[O-]. The van der Waals surface area contributed by atoms with Gasteiger partial charge in [0.25, 0.3) is 5.52 Å². The quantitative estimate of drug-likeness (QED) is 0.808. The lowest BCUT2D eigenvalue weighted by molar-refractivity contribution is -0.468. The highest BCUT2D eigenvalue weighted by Gasteiger charge is 2.29. The highest BCUT2D eigenvalue weighted by molar-refractivity contribution is 6.42. The Bertz CT molecular complexity index is 838. The molecule has 6 nitrogen and oxygen atoms in total. The van der Waals surface area contributed by atoms with Crippen LogP contribution in [0.5, 0.6) is 0 Å². The summed E-state index contributed by atoms with van der Waals surface area (Å²) in [6.07, 6.45) is 0. The first-order valence-corrected chi connectivity index (χ1v) is 7.25. The second-order valence-electron chi connectivity index (χ2n) is 5.98. The number of halogens is 2. The third kappa shape index (κ3) is 2.89. The summed E-state index contributed by atoms with van der Waals surface area (Å²) in [4.78, 5) is 24.8. The molecular formula is C14H15Cl2N3O3. The number of carbonyl (C=O) groups excluding carboxylic acids is 1. The third-order valence-electron chi connectivity index (χ3n) is 3.01. The number of hydrogen-bond acceptors (Lipinski definition) is 3. The largest absolute Gasteiger partial charge is 0.805 e. The molecule has 1 amide bonds. The van der Waals surface area contributed by atoms with Crippen LogP contribution < -0.4 is 9.74 Å². The maximum absolute atomic E-state index is 12.5. The minimum absolute atomic E-state index is 0.0114. The number of hydrogen-bond donors (Lipinski definition) is 1. The van der Waals surface area contributed by atoms with Crippen molar-refractivity contribution in [3.63, 3.8) is 0 Å². The molecule has 0 aliphatic rings. The fourth-order valence-corrected chi connectivity index (χ4v) is 2.37. The molecule has 0 aliphatic heterocycles. The number of amides is 1. The number of benzene rings is 1. The van der Waals surface area contributed by atoms with Gasteiger partial charge in [0, 0.05) is 16.5 Å². The smallest absolute Gasteiger partial charge is 0.346 e. The van der Waals surface area contributed by atoms with Crippen molar-refractivity contribution in [1.29, 1.82) is 0 Å². The number of carbonyl (C=O) groups is 1. The molecule has 0 unspecified atom stereocenters. The lowest BCUT2D eigenvalue weighted by atomic mass is 10.1. The molecule has 0 radical (unpaired) electrons. The van der Waals surface area contributed by atoms with E-state index in [0.717, 1.165) is 0 Å². The zero-order valence-electron chi connectivity index (χ0n) is 12.5. The highest BCUT2D eigenvalue weighted by Crippen LogP contribution is 2.27. The van der Waals surface area contributed by atoms with Crippen molar-refractivity contribution < 1.29 is 9.22 Å². The van der Waals surface area contributed by atoms with Gasteiger partial charge >= 0.3 is 11.6 Å². The first kappa shape index (κ1) is 16.6. The number of nitrogens with zero attached hydrogens (tertiary/aromatic N) is 2. The zero-order chi connectivity index (χ0) is 16.8. The fraction of sp³-hybridized carbons (Fsp3) is 0.357. The summed E-state index contributed by atoms with van der Waals surface area (Å²) in [6, 6.07) is 2.58. The van der Waals surface area contributed by atoms with E-state index < -0.39 is 11.4 Å². The molecule has 0 saturated heterocycles. The second-order valence-corrected chi connectivity index (χ2v) is 6.80. The van der Waals surface area contributed by atoms with Crippen molar-refractivity contribution in [3.8, 4) is 0 Å². The normalized spacial score (nSPS) is 11.7. The molecule has 0 fully saturated rings. The topological polar surface area (TPSA) is 80.1 Å². The van der Waals surface area contributed by atoms with Crippen LogP contribution in [0.25, 0.3) is 11.0 Å². The van der Waals surface area contributed by atoms with E-state index in [-0.39, 0.29) is 32.5 Å². The predicted molar refractivity (Wildman–Crippen MR) is 86.0 cm³/mol. The minimum Gasteiger partial charge on any atom is -0.805 e. The Labute approximate surface area is 136 Å². The van der Waals surface area contributed by atoms with Crippen molar-refractivity contribution in [2.24, 2.45) is 0 Å². The molecule has 1 aromatic carbocycles. The minimum atomic E-state index is -0.627. The molecule has 0 spiro atoms. The Balaban J connectivity index is 2.79. The molecule has 2 rings (SSSR count). The van der Waals surface area contributed by atoms with E-state index in [1.165, 1.54) is 19.1 Å². The summed E-state index contributed by atoms with van der Waals surface area (Å²) in [5, 5.41) is 15.3. The lowest BCUT2D eigenvalue weighted by Gasteiger charge is -2.21. The summed E-state index contributed by atoms with van der Waals surface area (Å²) < 4.78 is 0.909. The van der Waals surface area contributed by atoms with Crippen LogP contribution >= 0.6 is 23.2 Å². The number of nitrogens with one attached hydrogen (secondary N) is 1. The first-order valence-electron chi connectivity index (χ1n) is 6.50. The number of rotatable bonds is 1. The molecule has 0 aliphatic carbocycles. The maximum atomic E-state index is 12.5. The van der Waals surface area contributed by atoms with E-state index in [2.05, 4.69) is 5.32 Å². The van der Waals surface area contributed by atoms with Crippen LogP contribution in [0, 0.1) is 17.0 Å². The van der Waals surface area contributed by atoms with Crippen LogP contribution in [0.1, 0.15) is 37.0 Å². The standard InChI is InChI=1S/C14H15Cl2N3O3/c1-7-12(13(20)17-14(2,3)4)19(22)11-6-9(16)8(15)5-10(11)18(7)21/h5-6H,1-4H3,(H,17,20). The van der Waals surface area contributed by atoms with Gasteiger partial charge in [0.2, 0.25) is 0 Å². The van der Waals surface area contributed by atoms with Crippen LogP contribution in [0.2, 0.25) is 10.0 Å². The van der Waals surface area contributed by atoms with Gasteiger partial charge in [0.15, 0.2) is 0 Å². The second kappa shape index (κ2) is 5.44. The van der Waals surface area contributed by atoms with Gasteiger partial charge in [-0.3, -0.25) is 4.79 Å². The molecular weight excluding hydrogens is 329 g/mol.